The van der Waals surface area contributed by atoms with Crippen LogP contribution in [-0.2, 0) is 4.74 Å². The van der Waals surface area contributed by atoms with Crippen molar-refractivity contribution in [3.63, 3.8) is 0 Å². The Bertz CT molecular complexity index is 1350. The summed E-state index contributed by atoms with van der Waals surface area (Å²) in [6, 6.07) is 16.1. The number of hydrogen-bond donors (Lipinski definition) is 3. The number of aromatic nitrogens is 3. The first kappa shape index (κ1) is 23.6. The predicted octanol–water partition coefficient (Wildman–Crippen LogP) is 4.50. The van der Waals surface area contributed by atoms with Gasteiger partial charge in [-0.2, -0.15) is 18.2 Å². The fourth-order valence-electron chi connectivity index (χ4n) is 3.99. The number of H-pyrrole nitrogens is 1. The molecule has 2 aromatic carbocycles. The lowest BCUT2D eigenvalue weighted by Gasteiger charge is -2.28. The molecule has 1 saturated heterocycles. The molecule has 0 atom stereocenters. The van der Waals surface area contributed by atoms with E-state index in [4.69, 9.17) is 4.74 Å². The third kappa shape index (κ3) is 5.41. The molecule has 3 heterocycles. The minimum Gasteiger partial charge on any atom is -0.378 e. The lowest BCUT2D eigenvalue weighted by Crippen LogP contribution is -2.36. The van der Waals surface area contributed by atoms with Crippen molar-refractivity contribution in [2.45, 2.75) is 6.18 Å². The average Bonchev–Trinajstić information content (AvgIpc) is 3.36. The molecule has 1 fully saturated rings. The maximum absolute atomic E-state index is 12.4. The molecular formula is C25H23F3N6O2. The second-order valence-electron chi connectivity index (χ2n) is 8.28. The van der Waals surface area contributed by atoms with Crippen LogP contribution in [0.1, 0.15) is 10.4 Å². The SMILES string of the molecule is O=C(NCC(F)(F)F)c1ccc(-c2nc(Nc3ccc(N4CCOCC4)cc3)nc3[nH]ccc23)cc1. The summed E-state index contributed by atoms with van der Waals surface area (Å²) < 4.78 is 42.6. The second kappa shape index (κ2) is 9.86. The van der Waals surface area contributed by atoms with Gasteiger partial charge < -0.3 is 25.3 Å². The van der Waals surface area contributed by atoms with Crippen LogP contribution in [0.5, 0.6) is 0 Å². The number of hydrogen-bond acceptors (Lipinski definition) is 6. The highest BCUT2D eigenvalue weighted by Gasteiger charge is 2.28. The molecule has 3 N–H and O–H groups in total. The summed E-state index contributed by atoms with van der Waals surface area (Å²) in [5.74, 6) is -0.415. The van der Waals surface area contributed by atoms with Crippen LogP contribution in [0.3, 0.4) is 0 Å². The van der Waals surface area contributed by atoms with Crippen LogP contribution in [0.25, 0.3) is 22.3 Å². The molecule has 0 aliphatic carbocycles. The van der Waals surface area contributed by atoms with E-state index in [9.17, 15) is 18.0 Å². The molecule has 0 spiro atoms. The van der Waals surface area contributed by atoms with Crippen molar-refractivity contribution in [2.75, 3.05) is 43.1 Å². The Morgan fingerprint density at radius 2 is 1.72 bits per heavy atom. The summed E-state index contributed by atoms with van der Waals surface area (Å²) in [7, 11) is 0. The molecule has 1 amide bonds. The Balaban J connectivity index is 1.36. The van der Waals surface area contributed by atoms with E-state index in [-0.39, 0.29) is 5.56 Å². The van der Waals surface area contributed by atoms with E-state index < -0.39 is 18.6 Å². The molecule has 1 aliphatic rings. The molecule has 8 nitrogen and oxygen atoms in total. The largest absolute Gasteiger partial charge is 0.405 e. The van der Waals surface area contributed by atoms with E-state index >= 15 is 0 Å². The summed E-state index contributed by atoms with van der Waals surface area (Å²) in [5, 5.41) is 5.88. The van der Waals surface area contributed by atoms with Crippen LogP contribution < -0.4 is 15.5 Å². The molecule has 0 bridgehead atoms. The Morgan fingerprint density at radius 1 is 1.00 bits per heavy atom. The van der Waals surface area contributed by atoms with Crippen molar-refractivity contribution in [1.82, 2.24) is 20.3 Å². The van der Waals surface area contributed by atoms with E-state index in [1.807, 2.05) is 35.6 Å². The molecule has 11 heteroatoms. The van der Waals surface area contributed by atoms with Gasteiger partial charge in [0.05, 0.1) is 18.9 Å². The minimum absolute atomic E-state index is 0.126. The summed E-state index contributed by atoms with van der Waals surface area (Å²) in [4.78, 5) is 26.6. The van der Waals surface area contributed by atoms with Crippen molar-refractivity contribution in [2.24, 2.45) is 0 Å². The van der Waals surface area contributed by atoms with E-state index in [1.54, 1.807) is 18.3 Å². The number of aromatic amines is 1. The van der Waals surface area contributed by atoms with E-state index in [0.29, 0.717) is 36.1 Å². The van der Waals surface area contributed by atoms with Crippen LogP contribution >= 0.6 is 0 Å². The van der Waals surface area contributed by atoms with Crippen LogP contribution in [-0.4, -0.2) is 59.9 Å². The normalized spacial score (nSPS) is 14.1. The third-order valence-corrected chi connectivity index (χ3v) is 5.79. The van der Waals surface area contributed by atoms with Gasteiger partial charge in [0.25, 0.3) is 5.91 Å². The number of nitrogens with zero attached hydrogens (tertiary/aromatic N) is 3. The summed E-state index contributed by atoms with van der Waals surface area (Å²) in [6.45, 7) is 1.75. The van der Waals surface area contributed by atoms with Crippen molar-refractivity contribution in [1.29, 1.82) is 0 Å². The zero-order valence-corrected chi connectivity index (χ0v) is 19.1. The molecule has 1 aliphatic heterocycles. The van der Waals surface area contributed by atoms with Gasteiger partial charge in [0.15, 0.2) is 0 Å². The number of fused-ring (bicyclic) bond motifs is 1. The van der Waals surface area contributed by atoms with Crippen molar-refractivity contribution in [3.05, 3.63) is 66.4 Å². The third-order valence-electron chi connectivity index (χ3n) is 5.79. The number of anilines is 3. The second-order valence-corrected chi connectivity index (χ2v) is 8.28. The Hall–Kier alpha value is -4.12. The number of nitrogens with one attached hydrogen (secondary N) is 3. The standard InChI is InChI=1S/C25H23F3N6O2/c26-25(27,28)15-30-23(35)17-3-1-16(2-4-17)21-20-9-10-29-22(20)33-24(32-21)31-18-5-7-19(8-6-18)34-11-13-36-14-12-34/h1-10H,11-15H2,(H,30,35)(H2,29,31,32,33). The van der Waals surface area contributed by atoms with Gasteiger partial charge in [-0.3, -0.25) is 4.79 Å². The van der Waals surface area contributed by atoms with Gasteiger partial charge in [0, 0.05) is 47.2 Å². The van der Waals surface area contributed by atoms with Crippen molar-refractivity contribution < 1.29 is 22.7 Å². The van der Waals surface area contributed by atoms with Gasteiger partial charge in [0.1, 0.15) is 12.2 Å². The number of carbonyl (C=O) groups excluding carboxylic acids is 1. The fourth-order valence-corrected chi connectivity index (χ4v) is 3.99. The van der Waals surface area contributed by atoms with Crippen LogP contribution in [0, 0.1) is 0 Å². The van der Waals surface area contributed by atoms with Gasteiger partial charge in [0.2, 0.25) is 5.95 Å². The highest BCUT2D eigenvalue weighted by molar-refractivity contribution is 5.96. The smallest absolute Gasteiger partial charge is 0.378 e. The topological polar surface area (TPSA) is 95.2 Å². The molecular weight excluding hydrogens is 473 g/mol. The summed E-state index contributed by atoms with van der Waals surface area (Å²) >= 11 is 0. The molecule has 4 aromatic rings. The van der Waals surface area contributed by atoms with Gasteiger partial charge in [-0.1, -0.05) is 12.1 Å². The highest BCUT2D eigenvalue weighted by Crippen LogP contribution is 2.29. The van der Waals surface area contributed by atoms with E-state index in [0.717, 1.165) is 29.9 Å². The molecule has 0 unspecified atom stereocenters. The first-order chi connectivity index (χ1) is 17.4. The molecule has 0 radical (unpaired) electrons. The Kier molecular flexibility index (Phi) is 6.47. The number of amides is 1. The number of halogens is 3. The number of rotatable bonds is 6. The monoisotopic (exact) mass is 496 g/mol. The predicted molar refractivity (Wildman–Crippen MR) is 130 cm³/mol. The minimum atomic E-state index is -4.47. The molecule has 5 rings (SSSR count). The lowest BCUT2D eigenvalue weighted by atomic mass is 10.1. The highest BCUT2D eigenvalue weighted by atomic mass is 19.4. The first-order valence-corrected chi connectivity index (χ1v) is 11.4. The average molecular weight is 496 g/mol. The van der Waals surface area contributed by atoms with Crippen LogP contribution in [0.4, 0.5) is 30.5 Å². The Labute approximate surface area is 204 Å². The maximum Gasteiger partial charge on any atom is 0.405 e. The van der Waals surface area contributed by atoms with Crippen molar-refractivity contribution >= 4 is 34.3 Å². The van der Waals surface area contributed by atoms with Gasteiger partial charge in [-0.15, -0.1) is 0 Å². The number of benzene rings is 2. The fraction of sp³-hybridized carbons (Fsp3) is 0.240. The quantitative estimate of drug-likeness (QED) is 0.364. The summed E-state index contributed by atoms with van der Waals surface area (Å²) in [6.07, 6.45) is -2.72. The van der Waals surface area contributed by atoms with Gasteiger partial charge in [-0.25, -0.2) is 4.98 Å². The molecule has 186 valence electrons. The molecule has 36 heavy (non-hydrogen) atoms. The maximum atomic E-state index is 12.4. The van der Waals surface area contributed by atoms with E-state index in [1.165, 1.54) is 12.1 Å². The van der Waals surface area contributed by atoms with Gasteiger partial charge in [-0.05, 0) is 42.5 Å². The lowest BCUT2D eigenvalue weighted by molar-refractivity contribution is -0.123. The molecule has 0 saturated carbocycles. The van der Waals surface area contributed by atoms with Crippen molar-refractivity contribution in [3.8, 4) is 11.3 Å². The first-order valence-electron chi connectivity index (χ1n) is 11.4. The number of morpholine rings is 1. The number of carbonyl (C=O) groups is 1. The number of ether oxygens (including phenoxy) is 1. The van der Waals surface area contributed by atoms with E-state index in [2.05, 4.69) is 25.2 Å². The number of alkyl halides is 3. The Morgan fingerprint density at radius 3 is 2.42 bits per heavy atom. The summed E-state index contributed by atoms with van der Waals surface area (Å²) in [5.41, 5.74) is 4.00. The van der Waals surface area contributed by atoms with Crippen LogP contribution in [0.15, 0.2) is 60.8 Å². The zero-order chi connectivity index (χ0) is 25.1. The molecule has 2 aromatic heterocycles. The zero-order valence-electron chi connectivity index (χ0n) is 19.1. The van der Waals surface area contributed by atoms with Crippen LogP contribution in [0.2, 0.25) is 0 Å². The van der Waals surface area contributed by atoms with Gasteiger partial charge >= 0.3 is 6.18 Å².